The summed E-state index contributed by atoms with van der Waals surface area (Å²) in [4.78, 5) is 0. The van der Waals surface area contributed by atoms with Crippen LogP contribution in [0, 0.1) is 0 Å². The van der Waals surface area contributed by atoms with Gasteiger partial charge in [-0.1, -0.05) is 61.5 Å². The Bertz CT molecular complexity index is 754. The van der Waals surface area contributed by atoms with Gasteiger partial charge in [-0.3, -0.25) is 0 Å². The van der Waals surface area contributed by atoms with Gasteiger partial charge in [-0.2, -0.15) is 0 Å². The van der Waals surface area contributed by atoms with E-state index in [0.29, 0.717) is 0 Å². The number of hydrogen-bond acceptors (Lipinski definition) is 1. The highest BCUT2D eigenvalue weighted by Gasteiger charge is 2.53. The first-order valence-corrected chi connectivity index (χ1v) is 15.5. The highest BCUT2D eigenvalue weighted by Crippen LogP contribution is 2.61. The molecular weight excluding hydrogens is 502 g/mol. The SMILES string of the molecule is CCCC(O[Si](C)(C)C)[P+](c1ccccc1)(c1ccccc1)c1ccccc1.[I-]. The van der Waals surface area contributed by atoms with Gasteiger partial charge in [-0.15, -0.1) is 0 Å². The van der Waals surface area contributed by atoms with E-state index in [0.717, 1.165) is 12.8 Å². The third kappa shape index (κ3) is 5.58. The standard InChI is InChI=1S/C25H32OPSi.HI/c1-5-15-25(26-28(2,3)4)27(22-16-9-6-10-17-22,23-18-11-7-12-19-23)24-20-13-8-14-21-24;/h6-14,16-21,25H,5,15H2,1-4H3;1H/q+1;/p-1. The van der Waals surface area contributed by atoms with Crippen LogP contribution >= 0.6 is 7.26 Å². The lowest BCUT2D eigenvalue weighted by Crippen LogP contribution is -3.00. The maximum Gasteiger partial charge on any atom is 0.188 e. The summed E-state index contributed by atoms with van der Waals surface area (Å²) >= 11 is 0. The monoisotopic (exact) mass is 534 g/mol. The molecule has 1 unspecified atom stereocenters. The lowest BCUT2D eigenvalue weighted by Gasteiger charge is -2.37. The van der Waals surface area contributed by atoms with Gasteiger partial charge in [0.1, 0.15) is 23.2 Å². The predicted octanol–water partition coefficient (Wildman–Crippen LogP) is 2.96. The van der Waals surface area contributed by atoms with Crippen LogP contribution in [-0.4, -0.2) is 14.2 Å². The normalized spacial score (nSPS) is 12.8. The molecule has 0 radical (unpaired) electrons. The van der Waals surface area contributed by atoms with Crippen molar-refractivity contribution in [3.05, 3.63) is 91.0 Å². The third-order valence-electron chi connectivity index (χ3n) is 4.95. The molecular formula is C25H32IOPSi. The van der Waals surface area contributed by atoms with Crippen molar-refractivity contribution in [2.45, 2.75) is 45.3 Å². The van der Waals surface area contributed by atoms with Crippen molar-refractivity contribution in [3.8, 4) is 0 Å². The third-order valence-corrected chi connectivity index (χ3v) is 10.7. The molecule has 0 N–H and O–H groups in total. The average molecular weight is 534 g/mol. The van der Waals surface area contributed by atoms with Gasteiger partial charge in [0.2, 0.25) is 0 Å². The quantitative estimate of drug-likeness (QED) is 0.246. The summed E-state index contributed by atoms with van der Waals surface area (Å²) in [5.41, 5.74) is 0. The Morgan fingerprint density at radius 3 is 1.31 bits per heavy atom. The number of halogens is 1. The molecule has 4 heteroatoms. The van der Waals surface area contributed by atoms with E-state index in [4.69, 9.17) is 4.43 Å². The van der Waals surface area contributed by atoms with Crippen molar-refractivity contribution in [1.82, 2.24) is 0 Å². The first-order valence-electron chi connectivity index (χ1n) is 10.2. The minimum absolute atomic E-state index is 0. The van der Waals surface area contributed by atoms with Crippen LogP contribution in [0.2, 0.25) is 19.6 Å². The van der Waals surface area contributed by atoms with Crippen LogP contribution in [0.15, 0.2) is 91.0 Å². The lowest BCUT2D eigenvalue weighted by molar-refractivity contribution is -0.00000709. The molecule has 0 aromatic heterocycles. The smallest absolute Gasteiger partial charge is 0.188 e. The van der Waals surface area contributed by atoms with Crippen molar-refractivity contribution in [2.24, 2.45) is 0 Å². The van der Waals surface area contributed by atoms with Crippen LogP contribution in [-0.2, 0) is 4.43 Å². The molecule has 0 bridgehead atoms. The molecule has 1 nitrogen and oxygen atoms in total. The average Bonchev–Trinajstić information content (AvgIpc) is 2.70. The van der Waals surface area contributed by atoms with Crippen molar-refractivity contribution in [2.75, 3.05) is 0 Å². The Labute approximate surface area is 195 Å². The van der Waals surface area contributed by atoms with Gasteiger partial charge in [-0.05, 0) is 62.5 Å². The molecule has 3 rings (SSSR count). The Morgan fingerprint density at radius 2 is 1.03 bits per heavy atom. The van der Waals surface area contributed by atoms with Gasteiger partial charge in [0.15, 0.2) is 14.2 Å². The molecule has 0 aliphatic heterocycles. The highest BCUT2D eigenvalue weighted by atomic mass is 127. The zero-order chi connectivity index (χ0) is 20.0. The zero-order valence-corrected chi connectivity index (χ0v) is 21.9. The van der Waals surface area contributed by atoms with E-state index in [-0.39, 0.29) is 29.8 Å². The zero-order valence-electron chi connectivity index (χ0n) is 17.9. The Hall–Kier alpha value is -1.00. The Kier molecular flexibility index (Phi) is 9.08. The Balaban J connectivity index is 0.00000300. The van der Waals surface area contributed by atoms with E-state index in [2.05, 4.69) is 118 Å². The molecule has 154 valence electrons. The van der Waals surface area contributed by atoms with Gasteiger partial charge >= 0.3 is 0 Å². The van der Waals surface area contributed by atoms with Crippen LogP contribution in [0.5, 0.6) is 0 Å². The van der Waals surface area contributed by atoms with E-state index in [1.807, 2.05) is 0 Å². The molecule has 0 saturated heterocycles. The second-order valence-corrected chi connectivity index (χ2v) is 16.2. The molecule has 0 heterocycles. The second-order valence-electron chi connectivity index (χ2n) is 8.20. The van der Waals surface area contributed by atoms with Crippen molar-refractivity contribution >= 4 is 31.5 Å². The Morgan fingerprint density at radius 1 is 0.690 bits per heavy atom. The van der Waals surface area contributed by atoms with Crippen LogP contribution in [0.4, 0.5) is 0 Å². The van der Waals surface area contributed by atoms with E-state index in [9.17, 15) is 0 Å². The fraction of sp³-hybridized carbons (Fsp3) is 0.280. The summed E-state index contributed by atoms with van der Waals surface area (Å²) in [6, 6.07) is 33.2. The molecule has 3 aromatic rings. The summed E-state index contributed by atoms with van der Waals surface area (Å²) in [6.07, 6.45) is 2.18. The van der Waals surface area contributed by atoms with Crippen molar-refractivity contribution in [3.63, 3.8) is 0 Å². The van der Waals surface area contributed by atoms with Crippen LogP contribution in [0.1, 0.15) is 19.8 Å². The molecule has 0 aliphatic carbocycles. The number of rotatable bonds is 8. The van der Waals surface area contributed by atoms with Gasteiger partial charge < -0.3 is 28.4 Å². The minimum Gasteiger partial charge on any atom is -1.00 e. The van der Waals surface area contributed by atoms with Crippen LogP contribution < -0.4 is 39.9 Å². The van der Waals surface area contributed by atoms with Crippen LogP contribution in [0.25, 0.3) is 0 Å². The molecule has 0 spiro atoms. The van der Waals surface area contributed by atoms with E-state index in [1.165, 1.54) is 15.9 Å². The van der Waals surface area contributed by atoms with Gasteiger partial charge in [0.25, 0.3) is 0 Å². The molecule has 0 saturated carbocycles. The molecule has 0 aliphatic rings. The van der Waals surface area contributed by atoms with Crippen LogP contribution in [0.3, 0.4) is 0 Å². The van der Waals surface area contributed by atoms with E-state index in [1.54, 1.807) is 0 Å². The lowest BCUT2D eigenvalue weighted by atomic mass is 10.3. The van der Waals surface area contributed by atoms with Gasteiger partial charge in [-0.25, -0.2) is 0 Å². The fourth-order valence-electron chi connectivity index (χ4n) is 3.92. The van der Waals surface area contributed by atoms with E-state index >= 15 is 0 Å². The predicted molar refractivity (Wildman–Crippen MR) is 128 cm³/mol. The number of hydrogen-bond donors (Lipinski definition) is 0. The molecule has 29 heavy (non-hydrogen) atoms. The number of benzene rings is 3. The van der Waals surface area contributed by atoms with Gasteiger partial charge in [0.05, 0.1) is 0 Å². The highest BCUT2D eigenvalue weighted by molar-refractivity contribution is 7.96. The summed E-state index contributed by atoms with van der Waals surface area (Å²) < 4.78 is 7.00. The second kappa shape index (κ2) is 10.9. The summed E-state index contributed by atoms with van der Waals surface area (Å²) in [5, 5.41) is 4.22. The van der Waals surface area contributed by atoms with Crippen molar-refractivity contribution in [1.29, 1.82) is 0 Å². The topological polar surface area (TPSA) is 9.23 Å². The van der Waals surface area contributed by atoms with Crippen molar-refractivity contribution < 1.29 is 28.4 Å². The summed E-state index contributed by atoms with van der Waals surface area (Å²) in [7, 11) is -3.70. The maximum atomic E-state index is 7.00. The fourth-order valence-corrected chi connectivity index (χ4v) is 10.9. The first kappa shape index (κ1) is 24.3. The molecule has 0 amide bonds. The molecule has 1 atom stereocenters. The molecule has 3 aromatic carbocycles. The largest absolute Gasteiger partial charge is 1.00 e. The van der Waals surface area contributed by atoms with Gasteiger partial charge in [0, 0.05) is 6.42 Å². The summed E-state index contributed by atoms with van der Waals surface area (Å²) in [5.74, 6) is 0.191. The molecule has 0 fully saturated rings. The first-order chi connectivity index (χ1) is 13.5. The maximum absolute atomic E-state index is 7.00. The van der Waals surface area contributed by atoms with E-state index < -0.39 is 15.6 Å². The summed E-state index contributed by atoms with van der Waals surface area (Å²) in [6.45, 7) is 9.21. The minimum atomic E-state index is -1.96.